The van der Waals surface area contributed by atoms with E-state index < -0.39 is 10.0 Å². The fourth-order valence-corrected chi connectivity index (χ4v) is 5.15. The van der Waals surface area contributed by atoms with Crippen LogP contribution in [0.1, 0.15) is 12.8 Å². The van der Waals surface area contributed by atoms with Crippen LogP contribution in [0, 0.1) is 0 Å². The molecule has 3 heterocycles. The SMILES string of the molecule is O=S(=O)(c1ccc(Nc2nc(-c3ccncc3)cs2)cc1)N1CCCC1. The van der Waals surface area contributed by atoms with Crippen molar-refractivity contribution in [1.29, 1.82) is 0 Å². The standard InChI is InChI=1S/C18H18N4O2S2/c23-26(24,22-11-1-2-12-22)16-5-3-15(4-6-16)20-18-21-17(13-25-18)14-7-9-19-10-8-14/h3-10,13H,1-2,11-12H2,(H,20,21). The van der Waals surface area contributed by atoms with Gasteiger partial charge >= 0.3 is 0 Å². The van der Waals surface area contributed by atoms with Crippen molar-refractivity contribution in [2.75, 3.05) is 18.4 Å². The van der Waals surface area contributed by atoms with Gasteiger partial charge in [-0.25, -0.2) is 13.4 Å². The second-order valence-corrected chi connectivity index (χ2v) is 8.83. The van der Waals surface area contributed by atoms with Crippen LogP contribution in [0.4, 0.5) is 10.8 Å². The lowest BCUT2D eigenvalue weighted by molar-refractivity contribution is 0.477. The van der Waals surface area contributed by atoms with E-state index in [2.05, 4.69) is 15.3 Å². The largest absolute Gasteiger partial charge is 0.332 e. The lowest BCUT2D eigenvalue weighted by Crippen LogP contribution is -2.27. The molecule has 134 valence electrons. The zero-order valence-corrected chi connectivity index (χ0v) is 15.6. The van der Waals surface area contributed by atoms with Crippen LogP contribution in [0.15, 0.2) is 59.1 Å². The molecule has 6 nitrogen and oxygen atoms in total. The molecule has 0 amide bonds. The highest BCUT2D eigenvalue weighted by Gasteiger charge is 2.26. The Morgan fingerprint density at radius 2 is 1.69 bits per heavy atom. The van der Waals surface area contributed by atoms with Gasteiger partial charge in [-0.15, -0.1) is 11.3 Å². The third-order valence-electron chi connectivity index (χ3n) is 4.29. The van der Waals surface area contributed by atoms with Gasteiger partial charge in [0.2, 0.25) is 10.0 Å². The van der Waals surface area contributed by atoms with E-state index in [1.807, 2.05) is 17.5 Å². The van der Waals surface area contributed by atoms with Gasteiger partial charge in [-0.05, 0) is 49.2 Å². The molecule has 26 heavy (non-hydrogen) atoms. The van der Waals surface area contributed by atoms with E-state index in [1.54, 1.807) is 41.0 Å². The molecule has 1 N–H and O–H groups in total. The van der Waals surface area contributed by atoms with E-state index in [0.29, 0.717) is 18.0 Å². The Kier molecular flexibility index (Phi) is 4.71. The first-order valence-corrected chi connectivity index (χ1v) is 10.7. The summed E-state index contributed by atoms with van der Waals surface area (Å²) >= 11 is 1.50. The molecule has 1 aromatic carbocycles. The summed E-state index contributed by atoms with van der Waals surface area (Å²) in [5.74, 6) is 0. The first-order chi connectivity index (χ1) is 12.6. The van der Waals surface area contributed by atoms with Gasteiger partial charge in [-0.2, -0.15) is 4.31 Å². The van der Waals surface area contributed by atoms with Crippen LogP contribution in [0.5, 0.6) is 0 Å². The quantitative estimate of drug-likeness (QED) is 0.723. The van der Waals surface area contributed by atoms with Crippen molar-refractivity contribution in [1.82, 2.24) is 14.3 Å². The van der Waals surface area contributed by atoms with Crippen molar-refractivity contribution < 1.29 is 8.42 Å². The second-order valence-electron chi connectivity index (χ2n) is 6.03. The van der Waals surface area contributed by atoms with Gasteiger partial charge in [0.15, 0.2) is 5.13 Å². The minimum atomic E-state index is -3.37. The minimum absolute atomic E-state index is 0.335. The van der Waals surface area contributed by atoms with Crippen molar-refractivity contribution in [3.8, 4) is 11.3 Å². The van der Waals surface area contributed by atoms with Gasteiger partial charge in [0, 0.05) is 42.1 Å². The normalized spacial score (nSPS) is 15.2. The van der Waals surface area contributed by atoms with Crippen molar-refractivity contribution in [3.05, 3.63) is 54.2 Å². The fraction of sp³-hybridized carbons (Fsp3) is 0.222. The second kappa shape index (κ2) is 7.14. The molecule has 0 unspecified atom stereocenters. The molecule has 1 aliphatic rings. The lowest BCUT2D eigenvalue weighted by Gasteiger charge is -2.15. The van der Waals surface area contributed by atoms with E-state index in [9.17, 15) is 8.42 Å². The molecule has 4 rings (SSSR count). The third-order valence-corrected chi connectivity index (χ3v) is 6.96. The summed E-state index contributed by atoms with van der Waals surface area (Å²) in [6, 6.07) is 10.7. The van der Waals surface area contributed by atoms with E-state index >= 15 is 0 Å². The number of anilines is 2. The highest BCUT2D eigenvalue weighted by molar-refractivity contribution is 7.89. The summed E-state index contributed by atoms with van der Waals surface area (Å²) in [6.45, 7) is 1.22. The maximum atomic E-state index is 12.6. The van der Waals surface area contributed by atoms with Gasteiger partial charge < -0.3 is 5.32 Å². The number of sulfonamides is 1. The van der Waals surface area contributed by atoms with Crippen molar-refractivity contribution in [2.45, 2.75) is 17.7 Å². The molecule has 2 aromatic heterocycles. The molecule has 0 saturated carbocycles. The Bertz CT molecular complexity index is 980. The number of aromatic nitrogens is 2. The number of nitrogens with one attached hydrogen (secondary N) is 1. The van der Waals surface area contributed by atoms with Gasteiger partial charge in [-0.3, -0.25) is 4.98 Å². The average molecular weight is 387 g/mol. The number of hydrogen-bond acceptors (Lipinski definition) is 6. The van der Waals surface area contributed by atoms with Gasteiger partial charge in [-0.1, -0.05) is 0 Å². The maximum Gasteiger partial charge on any atom is 0.243 e. The summed E-state index contributed by atoms with van der Waals surface area (Å²) < 4.78 is 26.7. The molecular formula is C18H18N4O2S2. The van der Waals surface area contributed by atoms with Gasteiger partial charge in [0.25, 0.3) is 0 Å². The van der Waals surface area contributed by atoms with Crippen LogP contribution < -0.4 is 5.32 Å². The molecular weight excluding hydrogens is 368 g/mol. The summed E-state index contributed by atoms with van der Waals surface area (Å²) in [4.78, 5) is 8.91. The summed E-state index contributed by atoms with van der Waals surface area (Å²) in [7, 11) is -3.37. The lowest BCUT2D eigenvalue weighted by atomic mass is 10.2. The first kappa shape index (κ1) is 17.1. The Hall–Kier alpha value is -2.29. The topological polar surface area (TPSA) is 75.2 Å². The van der Waals surface area contributed by atoms with Crippen molar-refractivity contribution >= 4 is 32.2 Å². The zero-order chi connectivity index (χ0) is 18.0. The molecule has 0 bridgehead atoms. The number of thiazole rings is 1. The van der Waals surface area contributed by atoms with E-state index in [1.165, 1.54) is 11.3 Å². The predicted molar refractivity (Wildman–Crippen MR) is 103 cm³/mol. The molecule has 8 heteroatoms. The van der Waals surface area contributed by atoms with Crippen LogP contribution in [0.2, 0.25) is 0 Å². The predicted octanol–water partition coefficient (Wildman–Crippen LogP) is 3.73. The molecule has 1 fully saturated rings. The zero-order valence-electron chi connectivity index (χ0n) is 14.0. The Morgan fingerprint density at radius 1 is 1.00 bits per heavy atom. The van der Waals surface area contributed by atoms with Crippen LogP contribution >= 0.6 is 11.3 Å². The van der Waals surface area contributed by atoms with Gasteiger partial charge in [0.1, 0.15) is 0 Å². The highest BCUT2D eigenvalue weighted by Crippen LogP contribution is 2.28. The molecule has 1 aliphatic heterocycles. The molecule has 0 radical (unpaired) electrons. The average Bonchev–Trinajstić information content (AvgIpc) is 3.35. The molecule has 1 saturated heterocycles. The highest BCUT2D eigenvalue weighted by atomic mass is 32.2. The Morgan fingerprint density at radius 3 is 2.38 bits per heavy atom. The molecule has 0 atom stereocenters. The van der Waals surface area contributed by atoms with E-state index in [-0.39, 0.29) is 0 Å². The monoisotopic (exact) mass is 386 g/mol. The van der Waals surface area contributed by atoms with Gasteiger partial charge in [0.05, 0.1) is 10.6 Å². The summed E-state index contributed by atoms with van der Waals surface area (Å²) in [5, 5.41) is 5.96. The van der Waals surface area contributed by atoms with E-state index in [0.717, 1.165) is 34.9 Å². The van der Waals surface area contributed by atoms with Crippen LogP contribution in [-0.4, -0.2) is 35.8 Å². The summed E-state index contributed by atoms with van der Waals surface area (Å²) in [5.41, 5.74) is 2.70. The van der Waals surface area contributed by atoms with E-state index in [4.69, 9.17) is 0 Å². The first-order valence-electron chi connectivity index (χ1n) is 8.36. The number of hydrogen-bond donors (Lipinski definition) is 1. The van der Waals surface area contributed by atoms with Crippen LogP contribution in [0.25, 0.3) is 11.3 Å². The Labute approximate surface area is 156 Å². The number of pyridine rings is 1. The summed E-state index contributed by atoms with van der Waals surface area (Å²) in [6.07, 6.45) is 5.34. The third kappa shape index (κ3) is 3.48. The molecule has 3 aromatic rings. The maximum absolute atomic E-state index is 12.6. The Balaban J connectivity index is 1.49. The van der Waals surface area contributed by atoms with Crippen molar-refractivity contribution in [2.24, 2.45) is 0 Å². The number of rotatable bonds is 5. The number of nitrogens with zero attached hydrogens (tertiary/aromatic N) is 3. The van der Waals surface area contributed by atoms with Crippen LogP contribution in [-0.2, 0) is 10.0 Å². The molecule has 0 aliphatic carbocycles. The van der Waals surface area contributed by atoms with Crippen LogP contribution in [0.3, 0.4) is 0 Å². The molecule has 0 spiro atoms. The smallest absolute Gasteiger partial charge is 0.243 e. The van der Waals surface area contributed by atoms with Crippen molar-refractivity contribution in [3.63, 3.8) is 0 Å². The minimum Gasteiger partial charge on any atom is -0.332 e. The fourth-order valence-electron chi connectivity index (χ4n) is 2.90. The number of benzene rings is 1.